The number of ether oxygens (including phenoxy) is 1. The largest absolute Gasteiger partial charge is 0.456 e. The highest BCUT2D eigenvalue weighted by atomic mass is 16.5. The van der Waals surface area contributed by atoms with Gasteiger partial charge in [0.2, 0.25) is 0 Å². The van der Waals surface area contributed by atoms with Crippen LogP contribution in [-0.2, 0) is 4.79 Å². The standard InChI is InChI=1S/C25H21N5O3/c1-17-5-9-21(15-26-17)33-20-10-6-18(7-11-20)30-25-22-14-19(8-12-23(22)27-16-28-25)29-24(32)4-2-3-13-31/h5-12,14-16,31H,3,13H2,1H3,(H,29,32)(H,27,28,30). The molecule has 0 saturated carbocycles. The number of aliphatic hydroxyl groups excluding tert-OH is 1. The molecular formula is C25H21N5O3. The molecule has 4 aromatic rings. The zero-order chi connectivity index (χ0) is 23.0. The Hall–Kier alpha value is -4.48. The van der Waals surface area contributed by atoms with E-state index in [1.165, 1.54) is 6.33 Å². The molecule has 8 heteroatoms. The highest BCUT2D eigenvalue weighted by Crippen LogP contribution is 2.28. The molecule has 2 aromatic heterocycles. The van der Waals surface area contributed by atoms with E-state index in [0.29, 0.717) is 23.0 Å². The SMILES string of the molecule is Cc1ccc(Oc2ccc(Nc3ncnc4ccc(NC(=O)C#CCCO)cc34)cc2)cn1. The Morgan fingerprint density at radius 1 is 1.00 bits per heavy atom. The second-order valence-corrected chi connectivity index (χ2v) is 7.07. The third-order valence-corrected chi connectivity index (χ3v) is 4.57. The first kappa shape index (κ1) is 21.7. The number of anilines is 3. The minimum atomic E-state index is -0.450. The van der Waals surface area contributed by atoms with Crippen LogP contribution in [0, 0.1) is 18.8 Å². The average molecular weight is 439 g/mol. The lowest BCUT2D eigenvalue weighted by Gasteiger charge is -2.11. The fourth-order valence-electron chi connectivity index (χ4n) is 2.99. The number of aryl methyl sites for hydroxylation is 1. The van der Waals surface area contributed by atoms with E-state index in [1.807, 2.05) is 43.3 Å². The van der Waals surface area contributed by atoms with E-state index in [0.717, 1.165) is 22.3 Å². The van der Waals surface area contributed by atoms with E-state index >= 15 is 0 Å². The second-order valence-electron chi connectivity index (χ2n) is 7.07. The first-order valence-corrected chi connectivity index (χ1v) is 10.2. The Morgan fingerprint density at radius 2 is 1.79 bits per heavy atom. The minimum absolute atomic E-state index is 0.0844. The predicted octanol–water partition coefficient (Wildman–Crippen LogP) is 4.19. The van der Waals surface area contributed by atoms with Crippen molar-refractivity contribution in [3.8, 4) is 23.3 Å². The first-order chi connectivity index (χ1) is 16.1. The lowest BCUT2D eigenvalue weighted by Crippen LogP contribution is -2.08. The number of amides is 1. The maximum atomic E-state index is 11.9. The van der Waals surface area contributed by atoms with Crippen LogP contribution in [0.5, 0.6) is 11.5 Å². The number of aromatic nitrogens is 3. The van der Waals surface area contributed by atoms with Crippen molar-refractivity contribution in [3.05, 3.63) is 72.8 Å². The van der Waals surface area contributed by atoms with Gasteiger partial charge in [-0.25, -0.2) is 9.97 Å². The molecular weight excluding hydrogens is 418 g/mol. The van der Waals surface area contributed by atoms with Crippen molar-refractivity contribution in [1.29, 1.82) is 0 Å². The van der Waals surface area contributed by atoms with E-state index in [9.17, 15) is 4.79 Å². The van der Waals surface area contributed by atoms with Gasteiger partial charge in [-0.15, -0.1) is 0 Å². The van der Waals surface area contributed by atoms with Crippen LogP contribution in [0.25, 0.3) is 10.9 Å². The summed E-state index contributed by atoms with van der Waals surface area (Å²) in [6.45, 7) is 1.84. The number of pyridine rings is 1. The molecule has 2 aromatic carbocycles. The quantitative estimate of drug-likeness (QED) is 0.387. The van der Waals surface area contributed by atoms with Crippen molar-refractivity contribution in [2.75, 3.05) is 17.2 Å². The van der Waals surface area contributed by atoms with Gasteiger partial charge in [0.1, 0.15) is 23.6 Å². The van der Waals surface area contributed by atoms with Gasteiger partial charge in [-0.1, -0.05) is 5.92 Å². The summed E-state index contributed by atoms with van der Waals surface area (Å²) in [7, 11) is 0. The Morgan fingerprint density at radius 3 is 2.55 bits per heavy atom. The Kier molecular flexibility index (Phi) is 6.73. The average Bonchev–Trinajstić information content (AvgIpc) is 2.82. The van der Waals surface area contributed by atoms with Gasteiger partial charge in [0.25, 0.3) is 5.91 Å². The van der Waals surface area contributed by atoms with Crippen molar-refractivity contribution < 1.29 is 14.6 Å². The van der Waals surface area contributed by atoms with Gasteiger partial charge in [0.05, 0.1) is 18.3 Å². The van der Waals surface area contributed by atoms with Crippen LogP contribution in [0.15, 0.2) is 67.1 Å². The van der Waals surface area contributed by atoms with Crippen LogP contribution in [0.2, 0.25) is 0 Å². The van der Waals surface area contributed by atoms with Crippen LogP contribution < -0.4 is 15.4 Å². The monoisotopic (exact) mass is 439 g/mol. The summed E-state index contributed by atoms with van der Waals surface area (Å²) in [5.74, 6) is 6.53. The zero-order valence-electron chi connectivity index (χ0n) is 17.9. The second kappa shape index (κ2) is 10.2. The lowest BCUT2D eigenvalue weighted by atomic mass is 10.2. The Bertz CT molecular complexity index is 1330. The van der Waals surface area contributed by atoms with Crippen LogP contribution in [0.3, 0.4) is 0 Å². The molecule has 0 spiro atoms. The Balaban J connectivity index is 1.50. The number of hydrogen-bond acceptors (Lipinski definition) is 7. The number of nitrogens with one attached hydrogen (secondary N) is 2. The number of hydrogen-bond donors (Lipinski definition) is 3. The molecule has 33 heavy (non-hydrogen) atoms. The van der Waals surface area contributed by atoms with Gasteiger partial charge in [-0.05, 0) is 67.4 Å². The Labute approximate surface area is 190 Å². The van der Waals surface area contributed by atoms with Gasteiger partial charge in [0.15, 0.2) is 0 Å². The summed E-state index contributed by atoms with van der Waals surface area (Å²) in [5.41, 5.74) is 3.04. The van der Waals surface area contributed by atoms with E-state index < -0.39 is 5.91 Å². The topological polar surface area (TPSA) is 109 Å². The lowest BCUT2D eigenvalue weighted by molar-refractivity contribution is -0.111. The fraction of sp³-hybridized carbons (Fsp3) is 0.120. The molecule has 4 rings (SSSR count). The molecule has 1 amide bonds. The number of nitrogens with zero attached hydrogens (tertiary/aromatic N) is 3. The molecule has 0 radical (unpaired) electrons. The van der Waals surface area contributed by atoms with Gasteiger partial charge in [-0.3, -0.25) is 9.78 Å². The number of benzene rings is 2. The van der Waals surface area contributed by atoms with Crippen molar-refractivity contribution in [1.82, 2.24) is 15.0 Å². The number of carbonyl (C=O) groups excluding carboxylic acids is 1. The molecule has 164 valence electrons. The first-order valence-electron chi connectivity index (χ1n) is 10.2. The molecule has 0 saturated heterocycles. The molecule has 0 atom stereocenters. The third-order valence-electron chi connectivity index (χ3n) is 4.57. The van der Waals surface area contributed by atoms with Crippen molar-refractivity contribution >= 4 is 34.0 Å². The van der Waals surface area contributed by atoms with E-state index in [-0.39, 0.29) is 13.0 Å². The van der Waals surface area contributed by atoms with E-state index in [4.69, 9.17) is 9.84 Å². The molecule has 8 nitrogen and oxygen atoms in total. The molecule has 0 aliphatic carbocycles. The van der Waals surface area contributed by atoms with Gasteiger partial charge >= 0.3 is 0 Å². The summed E-state index contributed by atoms with van der Waals surface area (Å²) in [4.78, 5) is 24.8. The van der Waals surface area contributed by atoms with Crippen LogP contribution in [-0.4, -0.2) is 32.6 Å². The highest BCUT2D eigenvalue weighted by Gasteiger charge is 2.07. The van der Waals surface area contributed by atoms with Crippen LogP contribution >= 0.6 is 0 Å². The van der Waals surface area contributed by atoms with E-state index in [2.05, 4.69) is 37.4 Å². The smallest absolute Gasteiger partial charge is 0.300 e. The molecule has 0 fully saturated rings. The maximum absolute atomic E-state index is 11.9. The van der Waals surface area contributed by atoms with Gasteiger partial charge in [-0.2, -0.15) is 0 Å². The third kappa shape index (κ3) is 5.81. The molecule has 0 aliphatic heterocycles. The van der Waals surface area contributed by atoms with Gasteiger partial charge in [0, 0.05) is 28.9 Å². The highest BCUT2D eigenvalue weighted by molar-refractivity contribution is 6.05. The molecule has 0 unspecified atom stereocenters. The van der Waals surface area contributed by atoms with E-state index in [1.54, 1.807) is 24.4 Å². The van der Waals surface area contributed by atoms with Crippen LogP contribution in [0.1, 0.15) is 12.1 Å². The minimum Gasteiger partial charge on any atom is -0.456 e. The molecule has 3 N–H and O–H groups in total. The predicted molar refractivity (Wildman–Crippen MR) is 126 cm³/mol. The summed E-state index contributed by atoms with van der Waals surface area (Å²) in [6, 6.07) is 16.6. The summed E-state index contributed by atoms with van der Waals surface area (Å²) < 4.78 is 5.82. The molecule has 0 aliphatic rings. The normalized spacial score (nSPS) is 10.2. The number of aliphatic hydroxyl groups is 1. The van der Waals surface area contributed by atoms with Crippen molar-refractivity contribution in [3.63, 3.8) is 0 Å². The summed E-state index contributed by atoms with van der Waals surface area (Å²) >= 11 is 0. The number of rotatable bonds is 6. The van der Waals surface area contributed by atoms with Crippen molar-refractivity contribution in [2.45, 2.75) is 13.3 Å². The number of carbonyl (C=O) groups is 1. The zero-order valence-corrected chi connectivity index (χ0v) is 17.9. The van der Waals surface area contributed by atoms with Crippen molar-refractivity contribution in [2.24, 2.45) is 0 Å². The summed E-state index contributed by atoms with van der Waals surface area (Å²) in [5, 5.41) is 15.5. The van der Waals surface area contributed by atoms with Crippen LogP contribution in [0.4, 0.5) is 17.2 Å². The fourth-order valence-corrected chi connectivity index (χ4v) is 2.99. The van der Waals surface area contributed by atoms with Gasteiger partial charge < -0.3 is 20.5 Å². The molecule has 0 bridgehead atoms. The maximum Gasteiger partial charge on any atom is 0.300 e. The summed E-state index contributed by atoms with van der Waals surface area (Å²) in [6.07, 6.45) is 3.41. The molecule has 2 heterocycles. The number of fused-ring (bicyclic) bond motifs is 1.